The van der Waals surface area contributed by atoms with Gasteiger partial charge in [0.15, 0.2) is 0 Å². The third-order valence-electron chi connectivity index (χ3n) is 0.247. The second-order valence-corrected chi connectivity index (χ2v) is 0.621. The summed E-state index contributed by atoms with van der Waals surface area (Å²) in [5.41, 5.74) is 4.89. The van der Waals surface area contributed by atoms with Gasteiger partial charge in [0.2, 0.25) is 0 Å². The van der Waals surface area contributed by atoms with Crippen molar-refractivity contribution in [1.29, 1.82) is 0 Å². The molecule has 28 valence electrons. The van der Waals surface area contributed by atoms with Crippen molar-refractivity contribution in [2.45, 2.75) is 0 Å². The van der Waals surface area contributed by atoms with Crippen LogP contribution in [0.4, 0.5) is 0 Å². The molecule has 0 spiro atoms. The van der Waals surface area contributed by atoms with Crippen molar-refractivity contribution >= 4 is 0 Å². The molecule has 0 aliphatic heterocycles. The first kappa shape index (κ1) is 4.28. The van der Waals surface area contributed by atoms with Gasteiger partial charge in [-0.15, -0.1) is 0 Å². The van der Waals surface area contributed by atoms with E-state index >= 15 is 0 Å². The van der Waals surface area contributed by atoms with Crippen LogP contribution in [0.15, 0.2) is 24.9 Å². The number of hydrogen-bond acceptors (Lipinski definition) is 1. The summed E-state index contributed by atoms with van der Waals surface area (Å²) in [5, 5.41) is 0. The van der Waals surface area contributed by atoms with Crippen LogP contribution in [0.1, 0.15) is 0 Å². The molecule has 0 aromatic rings. The fraction of sp³-hybridized carbons (Fsp3) is 0. The topological polar surface area (TPSA) is 26.0 Å². The van der Waals surface area contributed by atoms with Gasteiger partial charge in [0.25, 0.3) is 0 Å². The van der Waals surface area contributed by atoms with Crippen molar-refractivity contribution in [3.63, 3.8) is 0 Å². The highest BCUT2D eigenvalue weighted by Crippen LogP contribution is 1.58. The van der Waals surface area contributed by atoms with Gasteiger partial charge >= 0.3 is 0 Å². The minimum atomic E-state index is 1.44. The van der Waals surface area contributed by atoms with Crippen LogP contribution in [0.25, 0.3) is 0 Å². The molecule has 0 rings (SSSR count). The van der Waals surface area contributed by atoms with Crippen LogP contribution in [0.2, 0.25) is 0 Å². The summed E-state index contributed by atoms with van der Waals surface area (Å²) in [7, 11) is 0. The Bertz CT molecular complexity index is 45.6. The standard InChI is InChI=1S/C4H7N/c1-2-3-4-5/h2-4H,1,5H2/b4-3+. The Kier molecular flexibility index (Phi) is 2.81. The van der Waals surface area contributed by atoms with Gasteiger partial charge in [-0.05, 0) is 12.3 Å². The second-order valence-electron chi connectivity index (χ2n) is 0.621. The number of hydrogen-bond donors (Lipinski definition) is 1. The van der Waals surface area contributed by atoms with Gasteiger partial charge in [0.05, 0.1) is 0 Å². The van der Waals surface area contributed by atoms with Crippen molar-refractivity contribution in [3.8, 4) is 0 Å². The van der Waals surface area contributed by atoms with E-state index in [1.54, 1.807) is 12.2 Å². The minimum Gasteiger partial charge on any atom is -0.405 e. The second kappa shape index (κ2) is 3.28. The third kappa shape index (κ3) is 3.28. The maximum Gasteiger partial charge on any atom is -0.00626 e. The van der Waals surface area contributed by atoms with E-state index in [2.05, 4.69) is 6.58 Å². The Morgan fingerprint density at radius 2 is 2.20 bits per heavy atom. The zero-order chi connectivity index (χ0) is 4.12. The Labute approximate surface area is 31.8 Å². The molecule has 0 aromatic carbocycles. The van der Waals surface area contributed by atoms with E-state index in [9.17, 15) is 0 Å². The molecule has 0 heterocycles. The van der Waals surface area contributed by atoms with Crippen molar-refractivity contribution in [1.82, 2.24) is 0 Å². The molecule has 0 radical (unpaired) electrons. The van der Waals surface area contributed by atoms with E-state index in [1.165, 1.54) is 6.20 Å². The largest absolute Gasteiger partial charge is 0.405 e. The van der Waals surface area contributed by atoms with Gasteiger partial charge in [-0.25, -0.2) is 0 Å². The average molecular weight is 69.1 g/mol. The SMILES string of the molecule is C=C/C=C/N. The first-order valence-electron chi connectivity index (χ1n) is 1.41. The van der Waals surface area contributed by atoms with Crippen LogP contribution >= 0.6 is 0 Å². The summed E-state index contributed by atoms with van der Waals surface area (Å²) in [6.45, 7) is 3.38. The van der Waals surface area contributed by atoms with Crippen molar-refractivity contribution in [2.75, 3.05) is 0 Å². The Hall–Kier alpha value is -0.720. The number of nitrogens with two attached hydrogens (primary N) is 1. The fourth-order valence-electron chi connectivity index (χ4n) is 0.0786. The Morgan fingerprint density at radius 3 is 2.20 bits per heavy atom. The molecule has 0 atom stereocenters. The highest BCUT2D eigenvalue weighted by Gasteiger charge is 1.41. The summed E-state index contributed by atoms with van der Waals surface area (Å²) >= 11 is 0. The summed E-state index contributed by atoms with van der Waals surface area (Å²) < 4.78 is 0. The van der Waals surface area contributed by atoms with Crippen molar-refractivity contribution < 1.29 is 0 Å². The van der Waals surface area contributed by atoms with Crippen LogP contribution < -0.4 is 5.73 Å². The Morgan fingerprint density at radius 1 is 1.60 bits per heavy atom. The molecule has 0 amide bonds. The first-order valence-corrected chi connectivity index (χ1v) is 1.41. The van der Waals surface area contributed by atoms with E-state index in [1.807, 2.05) is 0 Å². The molecule has 0 aliphatic rings. The normalized spacial score (nSPS) is 8.80. The predicted molar refractivity (Wildman–Crippen MR) is 23.5 cm³/mol. The van der Waals surface area contributed by atoms with Crippen LogP contribution in [0.3, 0.4) is 0 Å². The van der Waals surface area contributed by atoms with E-state index in [4.69, 9.17) is 5.73 Å². The van der Waals surface area contributed by atoms with Gasteiger partial charge in [-0.1, -0.05) is 12.7 Å². The zero-order valence-corrected chi connectivity index (χ0v) is 3.02. The average Bonchev–Trinajstić information content (AvgIpc) is 1.41. The first-order chi connectivity index (χ1) is 2.41. The maximum atomic E-state index is 4.89. The molecule has 0 saturated heterocycles. The molecule has 5 heavy (non-hydrogen) atoms. The van der Waals surface area contributed by atoms with E-state index < -0.39 is 0 Å². The highest BCUT2D eigenvalue weighted by atomic mass is 14.5. The lowest BCUT2D eigenvalue weighted by molar-refractivity contribution is 1.61. The zero-order valence-electron chi connectivity index (χ0n) is 3.02. The quantitative estimate of drug-likeness (QED) is 0.449. The molecule has 1 nitrogen and oxygen atoms in total. The molecule has 0 unspecified atom stereocenters. The lowest BCUT2D eigenvalue weighted by Crippen LogP contribution is -1.71. The summed E-state index contributed by atoms with van der Waals surface area (Å²) in [4.78, 5) is 0. The van der Waals surface area contributed by atoms with Crippen molar-refractivity contribution in [3.05, 3.63) is 24.9 Å². The molecule has 0 bridgehead atoms. The molecule has 0 aliphatic carbocycles. The monoisotopic (exact) mass is 69.1 g/mol. The van der Waals surface area contributed by atoms with Crippen LogP contribution in [-0.2, 0) is 0 Å². The minimum absolute atomic E-state index is 1.44. The predicted octanol–water partition coefficient (Wildman–Crippen LogP) is 0.645. The summed E-state index contributed by atoms with van der Waals surface area (Å²) in [5.74, 6) is 0. The van der Waals surface area contributed by atoms with E-state index in [-0.39, 0.29) is 0 Å². The molecular weight excluding hydrogens is 62.1 g/mol. The van der Waals surface area contributed by atoms with Crippen LogP contribution in [0.5, 0.6) is 0 Å². The fourth-order valence-corrected chi connectivity index (χ4v) is 0.0786. The summed E-state index contributed by atoms with van der Waals surface area (Å²) in [6.07, 6.45) is 4.73. The molecule has 0 saturated carbocycles. The molecular formula is C4H7N. The van der Waals surface area contributed by atoms with E-state index in [0.717, 1.165) is 0 Å². The lowest BCUT2D eigenvalue weighted by atomic mass is 10.6. The number of allylic oxidation sites excluding steroid dienone is 2. The van der Waals surface area contributed by atoms with Gasteiger partial charge < -0.3 is 5.73 Å². The van der Waals surface area contributed by atoms with Gasteiger partial charge in [-0.2, -0.15) is 0 Å². The third-order valence-corrected chi connectivity index (χ3v) is 0.247. The smallest absolute Gasteiger partial charge is 0.00626 e. The van der Waals surface area contributed by atoms with Gasteiger partial charge in [0.1, 0.15) is 0 Å². The van der Waals surface area contributed by atoms with E-state index in [0.29, 0.717) is 0 Å². The Balaban J connectivity index is 2.92. The summed E-state index contributed by atoms with van der Waals surface area (Å²) in [6, 6.07) is 0. The molecule has 1 heteroatoms. The van der Waals surface area contributed by atoms with Crippen LogP contribution in [-0.4, -0.2) is 0 Å². The number of rotatable bonds is 1. The lowest BCUT2D eigenvalue weighted by Gasteiger charge is -1.58. The van der Waals surface area contributed by atoms with Crippen LogP contribution in [0, 0.1) is 0 Å². The molecule has 0 fully saturated rings. The molecule has 0 aromatic heterocycles. The van der Waals surface area contributed by atoms with Gasteiger partial charge in [-0.3, -0.25) is 0 Å². The highest BCUT2D eigenvalue weighted by molar-refractivity contribution is 4.93. The maximum absolute atomic E-state index is 4.89. The molecule has 2 N–H and O–H groups in total. The van der Waals surface area contributed by atoms with Crippen molar-refractivity contribution in [2.24, 2.45) is 5.73 Å². The van der Waals surface area contributed by atoms with Gasteiger partial charge in [0, 0.05) is 0 Å².